The molecular weight excluding hydrogens is 191 g/mol. The van der Waals surface area contributed by atoms with Gasteiger partial charge in [-0.05, 0) is 43.9 Å². The van der Waals surface area contributed by atoms with Gasteiger partial charge < -0.3 is 4.74 Å². The molecule has 0 N–H and O–H groups in total. The molecule has 2 unspecified atom stereocenters. The fourth-order valence-electron chi connectivity index (χ4n) is 2.94. The molecule has 1 aliphatic carbocycles. The first kappa shape index (κ1) is 13.0. The van der Waals surface area contributed by atoms with Gasteiger partial charge in [-0.15, -0.1) is 0 Å². The molecule has 0 aromatic heterocycles. The van der Waals surface area contributed by atoms with Crippen LogP contribution in [0.15, 0.2) is 0 Å². The van der Waals surface area contributed by atoms with Gasteiger partial charge in [0.25, 0.3) is 0 Å². The van der Waals surface area contributed by atoms with E-state index in [1.807, 2.05) is 6.92 Å². The molecule has 0 aromatic rings. The van der Waals surface area contributed by atoms with Crippen LogP contribution in [0, 0.1) is 11.8 Å². The van der Waals surface area contributed by atoms with E-state index in [9.17, 15) is 4.39 Å². The number of hydrogen-bond donors (Lipinski definition) is 0. The van der Waals surface area contributed by atoms with Crippen LogP contribution in [0.1, 0.15) is 52.4 Å². The Hall–Kier alpha value is -0.110. The number of rotatable bonds is 5. The van der Waals surface area contributed by atoms with Crippen molar-refractivity contribution in [3.05, 3.63) is 0 Å². The van der Waals surface area contributed by atoms with Crippen LogP contribution in [-0.4, -0.2) is 19.4 Å². The summed E-state index contributed by atoms with van der Waals surface area (Å²) in [7, 11) is 1.78. The molecule has 0 aliphatic heterocycles. The highest BCUT2D eigenvalue weighted by Crippen LogP contribution is 2.36. The Kier molecular flexibility index (Phi) is 5.59. The minimum Gasteiger partial charge on any atom is -0.381 e. The lowest BCUT2D eigenvalue weighted by molar-refractivity contribution is 0.0324. The average Bonchev–Trinajstić information content (AvgIpc) is 2.30. The van der Waals surface area contributed by atoms with Crippen molar-refractivity contribution in [2.24, 2.45) is 11.8 Å². The van der Waals surface area contributed by atoms with E-state index in [-0.39, 0.29) is 5.92 Å². The zero-order valence-electron chi connectivity index (χ0n) is 10.3. The minimum atomic E-state index is -0.598. The third kappa shape index (κ3) is 3.44. The van der Waals surface area contributed by atoms with E-state index >= 15 is 0 Å². The summed E-state index contributed by atoms with van der Waals surface area (Å²) in [6.45, 7) is 4.07. The van der Waals surface area contributed by atoms with Gasteiger partial charge in [0, 0.05) is 7.11 Å². The maximum absolute atomic E-state index is 13.7. The predicted molar refractivity (Wildman–Crippen MR) is 61.7 cm³/mol. The molecule has 0 bridgehead atoms. The van der Waals surface area contributed by atoms with Gasteiger partial charge in [0.2, 0.25) is 0 Å². The van der Waals surface area contributed by atoms with Gasteiger partial charge in [0.15, 0.2) is 0 Å². The number of hydrogen-bond acceptors (Lipinski definition) is 1. The number of methoxy groups -OCH3 is 1. The van der Waals surface area contributed by atoms with Gasteiger partial charge in [0.05, 0.1) is 6.10 Å². The number of alkyl halides is 1. The molecule has 1 rings (SSSR count). The van der Waals surface area contributed by atoms with Gasteiger partial charge in [-0.25, -0.2) is 4.39 Å². The molecule has 1 fully saturated rings. The summed E-state index contributed by atoms with van der Waals surface area (Å²) in [6, 6.07) is 0. The topological polar surface area (TPSA) is 9.23 Å². The molecule has 1 nitrogen and oxygen atoms in total. The first-order valence-corrected chi connectivity index (χ1v) is 6.39. The van der Waals surface area contributed by atoms with E-state index in [1.54, 1.807) is 7.11 Å². The molecule has 2 atom stereocenters. The SMILES string of the molecule is CCC(F)C(CC)C1CCC(OC)CC1. The zero-order valence-corrected chi connectivity index (χ0v) is 10.3. The summed E-state index contributed by atoms with van der Waals surface area (Å²) in [5.74, 6) is 0.879. The predicted octanol–water partition coefficient (Wildman–Crippen LogP) is 3.97. The highest BCUT2D eigenvalue weighted by Gasteiger charge is 2.30. The van der Waals surface area contributed by atoms with E-state index in [2.05, 4.69) is 6.92 Å². The molecule has 0 spiro atoms. The van der Waals surface area contributed by atoms with E-state index in [4.69, 9.17) is 4.74 Å². The summed E-state index contributed by atoms with van der Waals surface area (Å²) in [6.07, 6.45) is 6.02. The summed E-state index contributed by atoms with van der Waals surface area (Å²) >= 11 is 0. The summed E-state index contributed by atoms with van der Waals surface area (Å²) < 4.78 is 19.1. The monoisotopic (exact) mass is 216 g/mol. The fraction of sp³-hybridized carbons (Fsp3) is 1.00. The second-order valence-electron chi connectivity index (χ2n) is 4.77. The summed E-state index contributed by atoms with van der Waals surface area (Å²) in [4.78, 5) is 0. The molecule has 0 heterocycles. The van der Waals surface area contributed by atoms with Crippen molar-refractivity contribution in [2.45, 2.75) is 64.6 Å². The largest absolute Gasteiger partial charge is 0.381 e. The van der Waals surface area contributed by atoms with Gasteiger partial charge in [-0.2, -0.15) is 0 Å². The Morgan fingerprint density at radius 3 is 2.13 bits per heavy atom. The summed E-state index contributed by atoms with van der Waals surface area (Å²) in [5, 5.41) is 0. The number of ether oxygens (including phenoxy) is 1. The van der Waals surface area contributed by atoms with Crippen LogP contribution in [0.2, 0.25) is 0 Å². The quantitative estimate of drug-likeness (QED) is 0.675. The van der Waals surface area contributed by atoms with Crippen molar-refractivity contribution in [3.8, 4) is 0 Å². The van der Waals surface area contributed by atoms with Crippen LogP contribution in [0.25, 0.3) is 0 Å². The van der Waals surface area contributed by atoms with Crippen LogP contribution < -0.4 is 0 Å². The Balaban J connectivity index is 2.42. The maximum atomic E-state index is 13.7. The maximum Gasteiger partial charge on any atom is 0.103 e. The molecular formula is C13H25FO. The molecule has 0 amide bonds. The average molecular weight is 216 g/mol. The highest BCUT2D eigenvalue weighted by atomic mass is 19.1. The normalized spacial score (nSPS) is 31.2. The van der Waals surface area contributed by atoms with Crippen LogP contribution in [-0.2, 0) is 4.74 Å². The Morgan fingerprint density at radius 1 is 1.13 bits per heavy atom. The second-order valence-corrected chi connectivity index (χ2v) is 4.77. The Labute approximate surface area is 93.4 Å². The Bertz CT molecular complexity index is 164. The van der Waals surface area contributed by atoms with E-state index in [0.717, 1.165) is 32.1 Å². The third-order valence-electron chi connectivity index (χ3n) is 3.98. The molecule has 0 saturated heterocycles. The highest BCUT2D eigenvalue weighted by molar-refractivity contribution is 4.81. The van der Waals surface area contributed by atoms with E-state index in [0.29, 0.717) is 18.4 Å². The molecule has 1 aliphatic rings. The zero-order chi connectivity index (χ0) is 11.3. The third-order valence-corrected chi connectivity index (χ3v) is 3.98. The number of halogens is 1. The fourth-order valence-corrected chi connectivity index (χ4v) is 2.94. The lowest BCUT2D eigenvalue weighted by Gasteiger charge is -2.34. The van der Waals surface area contributed by atoms with Gasteiger partial charge in [-0.3, -0.25) is 0 Å². The molecule has 0 aromatic carbocycles. The molecule has 0 radical (unpaired) electrons. The van der Waals surface area contributed by atoms with Crippen LogP contribution in [0.5, 0.6) is 0 Å². The van der Waals surface area contributed by atoms with Gasteiger partial charge >= 0.3 is 0 Å². The van der Waals surface area contributed by atoms with Gasteiger partial charge in [0.1, 0.15) is 6.17 Å². The minimum absolute atomic E-state index is 0.285. The first-order valence-electron chi connectivity index (χ1n) is 6.39. The molecule has 1 saturated carbocycles. The van der Waals surface area contributed by atoms with Crippen molar-refractivity contribution in [2.75, 3.05) is 7.11 Å². The summed E-state index contributed by atoms with van der Waals surface area (Å²) in [5.41, 5.74) is 0. The van der Waals surface area contributed by atoms with Crippen molar-refractivity contribution in [3.63, 3.8) is 0 Å². The van der Waals surface area contributed by atoms with Crippen molar-refractivity contribution in [1.29, 1.82) is 0 Å². The van der Waals surface area contributed by atoms with Crippen molar-refractivity contribution in [1.82, 2.24) is 0 Å². The van der Waals surface area contributed by atoms with Crippen LogP contribution >= 0.6 is 0 Å². The van der Waals surface area contributed by atoms with Crippen LogP contribution in [0.4, 0.5) is 4.39 Å². The van der Waals surface area contributed by atoms with Gasteiger partial charge in [-0.1, -0.05) is 20.3 Å². The molecule has 15 heavy (non-hydrogen) atoms. The lowest BCUT2D eigenvalue weighted by Crippen LogP contribution is -2.30. The molecule has 90 valence electrons. The standard InChI is InChI=1S/C13H25FO/c1-4-12(13(14)5-2)10-6-8-11(15-3)9-7-10/h10-13H,4-9H2,1-3H3. The molecule has 2 heteroatoms. The van der Waals surface area contributed by atoms with Crippen molar-refractivity contribution < 1.29 is 9.13 Å². The van der Waals surface area contributed by atoms with E-state index < -0.39 is 6.17 Å². The smallest absolute Gasteiger partial charge is 0.103 e. The van der Waals surface area contributed by atoms with E-state index in [1.165, 1.54) is 0 Å². The second kappa shape index (κ2) is 6.47. The Morgan fingerprint density at radius 2 is 1.73 bits per heavy atom. The van der Waals surface area contributed by atoms with Crippen LogP contribution in [0.3, 0.4) is 0 Å². The first-order chi connectivity index (χ1) is 7.22. The lowest BCUT2D eigenvalue weighted by atomic mass is 9.75. The van der Waals surface area contributed by atoms with Crippen molar-refractivity contribution >= 4 is 0 Å².